The molecule has 0 aliphatic heterocycles. The molecule has 0 bridgehead atoms. The molecule has 1 rings (SSSR count). The van der Waals surface area contributed by atoms with Crippen LogP contribution in [0.15, 0.2) is 6.07 Å². The van der Waals surface area contributed by atoms with Gasteiger partial charge in [0, 0.05) is 0 Å². The minimum atomic E-state index is -1.05. The van der Waals surface area contributed by atoms with Gasteiger partial charge in [0.1, 0.15) is 10.4 Å². The molecule has 0 saturated carbocycles. The molecule has 1 aromatic rings. The van der Waals surface area contributed by atoms with Crippen molar-refractivity contribution in [3.05, 3.63) is 20.3 Å². The maximum Gasteiger partial charge on any atom is 0.326 e. The first kappa shape index (κ1) is 15.3. The van der Waals surface area contributed by atoms with Crippen LogP contribution >= 0.6 is 34.5 Å². The Labute approximate surface area is 119 Å². The Kier molecular flexibility index (Phi) is 5.91. The van der Waals surface area contributed by atoms with Gasteiger partial charge in [-0.15, -0.1) is 11.3 Å². The van der Waals surface area contributed by atoms with Gasteiger partial charge in [-0.25, -0.2) is 4.79 Å². The molecule has 0 fully saturated rings. The number of carboxylic acid groups (broad SMARTS) is 1. The highest BCUT2D eigenvalue weighted by molar-refractivity contribution is 7.20. The van der Waals surface area contributed by atoms with E-state index in [0.717, 1.165) is 24.2 Å². The maximum absolute atomic E-state index is 11.8. The lowest BCUT2D eigenvalue weighted by atomic mass is 10.1. The Balaban J connectivity index is 2.72. The molecule has 18 heavy (non-hydrogen) atoms. The van der Waals surface area contributed by atoms with Crippen LogP contribution in [-0.4, -0.2) is 23.0 Å². The molecule has 0 aromatic carbocycles. The highest BCUT2D eigenvalue weighted by atomic mass is 35.5. The zero-order chi connectivity index (χ0) is 13.7. The fraction of sp³-hybridized carbons (Fsp3) is 0.455. The highest BCUT2D eigenvalue weighted by Gasteiger charge is 2.22. The lowest BCUT2D eigenvalue weighted by Crippen LogP contribution is -2.40. The van der Waals surface area contributed by atoms with Gasteiger partial charge in [-0.3, -0.25) is 4.79 Å². The van der Waals surface area contributed by atoms with Crippen molar-refractivity contribution < 1.29 is 14.7 Å². The second kappa shape index (κ2) is 6.97. The van der Waals surface area contributed by atoms with E-state index in [1.54, 1.807) is 0 Å². The van der Waals surface area contributed by atoms with Crippen LogP contribution in [0.4, 0.5) is 0 Å². The normalized spacial score (nSPS) is 12.2. The van der Waals surface area contributed by atoms with E-state index >= 15 is 0 Å². The van der Waals surface area contributed by atoms with E-state index in [1.807, 2.05) is 6.92 Å². The molecule has 4 nitrogen and oxygen atoms in total. The summed E-state index contributed by atoms with van der Waals surface area (Å²) in [7, 11) is 0. The molecule has 2 N–H and O–H groups in total. The van der Waals surface area contributed by atoms with E-state index in [9.17, 15) is 9.59 Å². The molecule has 100 valence electrons. The summed E-state index contributed by atoms with van der Waals surface area (Å²) in [6.07, 6.45) is 1.99. The molecule has 0 aliphatic rings. The van der Waals surface area contributed by atoms with Crippen molar-refractivity contribution in [2.45, 2.75) is 32.2 Å². The van der Waals surface area contributed by atoms with Crippen LogP contribution in [0.3, 0.4) is 0 Å². The first-order chi connectivity index (χ1) is 8.45. The minimum absolute atomic E-state index is 0.217. The van der Waals surface area contributed by atoms with Crippen LogP contribution in [0.25, 0.3) is 0 Å². The van der Waals surface area contributed by atoms with E-state index in [-0.39, 0.29) is 9.90 Å². The number of carboxylic acids is 1. The number of carbonyl (C=O) groups excluding carboxylic acids is 1. The summed E-state index contributed by atoms with van der Waals surface area (Å²) in [5.41, 5.74) is 0.217. The van der Waals surface area contributed by atoms with Gasteiger partial charge in [0.15, 0.2) is 0 Å². The monoisotopic (exact) mass is 309 g/mol. The van der Waals surface area contributed by atoms with Crippen molar-refractivity contribution in [2.75, 3.05) is 0 Å². The number of nitrogens with one attached hydrogen (secondary N) is 1. The van der Waals surface area contributed by atoms with E-state index in [0.29, 0.717) is 10.8 Å². The smallest absolute Gasteiger partial charge is 0.326 e. The van der Waals surface area contributed by atoms with Crippen molar-refractivity contribution in [3.8, 4) is 0 Å². The van der Waals surface area contributed by atoms with Gasteiger partial charge in [-0.2, -0.15) is 0 Å². The molecule has 7 heteroatoms. The summed E-state index contributed by atoms with van der Waals surface area (Å²) in [5.74, 6) is -1.55. The van der Waals surface area contributed by atoms with Crippen LogP contribution in [0.2, 0.25) is 8.67 Å². The molecule has 0 spiro atoms. The second-order valence-electron chi connectivity index (χ2n) is 3.74. The summed E-state index contributed by atoms with van der Waals surface area (Å²) in [4.78, 5) is 22.8. The Hall–Kier alpha value is -0.780. The zero-order valence-electron chi connectivity index (χ0n) is 9.70. The number of carbonyl (C=O) groups is 2. The number of halogens is 2. The van der Waals surface area contributed by atoms with Crippen LogP contribution < -0.4 is 5.32 Å². The van der Waals surface area contributed by atoms with E-state index < -0.39 is 17.9 Å². The largest absolute Gasteiger partial charge is 0.480 e. The van der Waals surface area contributed by atoms with Gasteiger partial charge in [-0.1, -0.05) is 43.0 Å². The maximum atomic E-state index is 11.8. The van der Waals surface area contributed by atoms with Gasteiger partial charge in [0.2, 0.25) is 0 Å². The van der Waals surface area contributed by atoms with Gasteiger partial charge in [0.25, 0.3) is 5.91 Å². The third kappa shape index (κ3) is 4.15. The van der Waals surface area contributed by atoms with Gasteiger partial charge in [0.05, 0.1) is 9.90 Å². The Morgan fingerprint density at radius 1 is 1.50 bits per heavy atom. The van der Waals surface area contributed by atoms with Gasteiger partial charge < -0.3 is 10.4 Å². The molecular weight excluding hydrogens is 297 g/mol. The first-order valence-electron chi connectivity index (χ1n) is 5.44. The molecule has 1 heterocycles. The summed E-state index contributed by atoms with van der Waals surface area (Å²) in [5, 5.41) is 11.4. The quantitative estimate of drug-likeness (QED) is 0.846. The molecule has 1 aromatic heterocycles. The minimum Gasteiger partial charge on any atom is -0.480 e. The predicted molar refractivity (Wildman–Crippen MR) is 72.8 cm³/mol. The molecule has 1 amide bonds. The van der Waals surface area contributed by atoms with Crippen LogP contribution in [0.1, 0.15) is 36.5 Å². The van der Waals surface area contributed by atoms with Crippen LogP contribution in [0.5, 0.6) is 0 Å². The molecule has 0 radical (unpaired) electrons. The average molecular weight is 310 g/mol. The summed E-state index contributed by atoms with van der Waals surface area (Å²) < 4.78 is 0.655. The fourth-order valence-electron chi connectivity index (χ4n) is 1.40. The molecule has 1 unspecified atom stereocenters. The predicted octanol–water partition coefficient (Wildman–Crippen LogP) is 3.43. The number of unbranched alkanes of at least 4 members (excludes halogenated alkanes) is 1. The van der Waals surface area contributed by atoms with E-state index in [1.165, 1.54) is 6.07 Å². The number of hydrogen-bond donors (Lipinski definition) is 2. The van der Waals surface area contributed by atoms with Gasteiger partial charge >= 0.3 is 5.97 Å². The van der Waals surface area contributed by atoms with Crippen molar-refractivity contribution in [2.24, 2.45) is 0 Å². The van der Waals surface area contributed by atoms with Crippen LogP contribution in [-0.2, 0) is 4.79 Å². The van der Waals surface area contributed by atoms with Crippen molar-refractivity contribution in [1.29, 1.82) is 0 Å². The topological polar surface area (TPSA) is 66.4 Å². The number of aliphatic carboxylic acids is 1. The van der Waals surface area contributed by atoms with Crippen molar-refractivity contribution >= 4 is 46.4 Å². The molecule has 1 atom stereocenters. The fourth-order valence-corrected chi connectivity index (χ4v) is 2.86. The molecule has 0 aliphatic carbocycles. The zero-order valence-corrected chi connectivity index (χ0v) is 12.0. The third-order valence-electron chi connectivity index (χ3n) is 2.35. The second-order valence-corrected chi connectivity index (χ2v) is 6.03. The third-order valence-corrected chi connectivity index (χ3v) is 3.84. The number of hydrogen-bond acceptors (Lipinski definition) is 3. The average Bonchev–Trinajstić information content (AvgIpc) is 2.63. The van der Waals surface area contributed by atoms with Crippen molar-refractivity contribution in [1.82, 2.24) is 5.32 Å². The summed E-state index contributed by atoms with van der Waals surface area (Å²) in [6.45, 7) is 1.95. The number of amides is 1. The molecular formula is C11H13Cl2NO3S. The number of thiophene rings is 1. The Bertz CT molecular complexity index is 447. The Morgan fingerprint density at radius 2 is 2.17 bits per heavy atom. The van der Waals surface area contributed by atoms with E-state index in [4.69, 9.17) is 28.3 Å². The standard InChI is InChI=1S/C11H13Cl2NO3S/c1-2-3-4-7(11(16)17)14-10(15)6-5-8(12)18-9(6)13/h5,7H,2-4H2,1H3,(H,14,15)(H,16,17). The SMILES string of the molecule is CCCCC(NC(=O)c1cc(Cl)sc1Cl)C(=O)O. The first-order valence-corrected chi connectivity index (χ1v) is 7.01. The lowest BCUT2D eigenvalue weighted by molar-refractivity contribution is -0.139. The summed E-state index contributed by atoms with van der Waals surface area (Å²) >= 11 is 12.6. The van der Waals surface area contributed by atoms with Crippen molar-refractivity contribution in [3.63, 3.8) is 0 Å². The molecule has 0 saturated heterocycles. The Morgan fingerprint density at radius 3 is 2.61 bits per heavy atom. The van der Waals surface area contributed by atoms with Crippen LogP contribution in [0, 0.1) is 0 Å². The van der Waals surface area contributed by atoms with Gasteiger partial charge in [-0.05, 0) is 12.5 Å². The summed E-state index contributed by atoms with van der Waals surface area (Å²) in [6, 6.07) is 0.537. The highest BCUT2D eigenvalue weighted by Crippen LogP contribution is 2.31. The lowest BCUT2D eigenvalue weighted by Gasteiger charge is -2.13. The number of rotatable bonds is 6. The van der Waals surface area contributed by atoms with E-state index in [2.05, 4.69) is 5.32 Å².